The lowest BCUT2D eigenvalue weighted by molar-refractivity contribution is -0.00384. The van der Waals surface area contributed by atoms with E-state index < -0.39 is 12.0 Å². The van der Waals surface area contributed by atoms with E-state index in [0.717, 1.165) is 28.9 Å². The number of aryl methyl sites for hydroxylation is 2. The first-order chi connectivity index (χ1) is 12.0. The Balaban J connectivity index is 1.73. The first-order valence-electron chi connectivity index (χ1n) is 8.48. The van der Waals surface area contributed by atoms with Crippen LogP contribution < -0.4 is 16.0 Å². The summed E-state index contributed by atoms with van der Waals surface area (Å²) in [5, 5.41) is 8.82. The highest BCUT2D eigenvalue weighted by molar-refractivity contribution is 5.54. The molecule has 5 nitrogen and oxygen atoms in total. The maximum atomic E-state index is 13.7. The predicted octanol–water partition coefficient (Wildman–Crippen LogP) is 2.79. The lowest BCUT2D eigenvalue weighted by atomic mass is 10.1. The van der Waals surface area contributed by atoms with Crippen LogP contribution in [0, 0.1) is 6.92 Å². The van der Waals surface area contributed by atoms with Gasteiger partial charge in [0.1, 0.15) is 0 Å². The first-order valence-corrected chi connectivity index (χ1v) is 8.48. The number of rotatable bonds is 6. The van der Waals surface area contributed by atoms with Crippen LogP contribution in [-0.2, 0) is 13.0 Å². The molecule has 0 bridgehead atoms. The summed E-state index contributed by atoms with van der Waals surface area (Å²) in [4.78, 5) is 8.86. The molecule has 3 N–H and O–H groups in total. The van der Waals surface area contributed by atoms with E-state index in [-0.39, 0.29) is 19.6 Å². The molecule has 0 radical (unpaired) electrons. The fraction of sp³-hybridized carbons (Fsp3) is 0.444. The second-order valence-electron chi connectivity index (χ2n) is 6.34. The van der Waals surface area contributed by atoms with Crippen LogP contribution in [0.2, 0.25) is 0 Å². The molecule has 1 fully saturated rings. The van der Waals surface area contributed by atoms with Gasteiger partial charge in [0.2, 0.25) is 5.95 Å². The van der Waals surface area contributed by atoms with Gasteiger partial charge in [-0.1, -0.05) is 19.1 Å². The van der Waals surface area contributed by atoms with E-state index >= 15 is 0 Å². The standard InChI is InChI=1S/C18H23F2N5/c1-3-13-8-23-17(24-14-6-4-5-12(2)7-14)25-15(13)9-22-16-10-21-11-18(16,19)20/h4-8,16,21-22H,3,9-11H2,1-2H3,(H,23,24,25). The molecule has 2 heterocycles. The monoisotopic (exact) mass is 347 g/mol. The minimum Gasteiger partial charge on any atom is -0.324 e. The molecule has 1 aromatic carbocycles. The molecule has 1 aliphatic rings. The highest BCUT2D eigenvalue weighted by Crippen LogP contribution is 2.22. The maximum Gasteiger partial charge on any atom is 0.276 e. The third-order valence-electron chi connectivity index (χ3n) is 4.34. The Morgan fingerprint density at radius 2 is 2.20 bits per heavy atom. The van der Waals surface area contributed by atoms with Gasteiger partial charge in [-0.2, -0.15) is 0 Å². The zero-order chi connectivity index (χ0) is 17.9. The van der Waals surface area contributed by atoms with E-state index in [1.54, 1.807) is 6.20 Å². The molecule has 0 saturated carbocycles. The predicted molar refractivity (Wildman–Crippen MR) is 94.3 cm³/mol. The van der Waals surface area contributed by atoms with Gasteiger partial charge in [-0.25, -0.2) is 18.7 Å². The van der Waals surface area contributed by atoms with Crippen LogP contribution in [0.3, 0.4) is 0 Å². The van der Waals surface area contributed by atoms with Gasteiger partial charge in [0.25, 0.3) is 5.92 Å². The highest BCUT2D eigenvalue weighted by Gasteiger charge is 2.43. The van der Waals surface area contributed by atoms with Crippen LogP contribution in [-0.4, -0.2) is 35.0 Å². The number of anilines is 2. The average molecular weight is 347 g/mol. The molecule has 134 valence electrons. The number of hydrogen-bond donors (Lipinski definition) is 3. The van der Waals surface area contributed by atoms with E-state index in [4.69, 9.17) is 0 Å². The minimum atomic E-state index is -2.73. The van der Waals surface area contributed by atoms with Gasteiger partial charge in [0.05, 0.1) is 18.3 Å². The number of hydrogen-bond acceptors (Lipinski definition) is 5. The molecule has 2 aromatic rings. The Labute approximate surface area is 146 Å². The summed E-state index contributed by atoms with van der Waals surface area (Å²) in [5.41, 5.74) is 3.73. The Hall–Kier alpha value is -2.12. The smallest absolute Gasteiger partial charge is 0.276 e. The van der Waals surface area contributed by atoms with Crippen LogP contribution in [0.5, 0.6) is 0 Å². The highest BCUT2D eigenvalue weighted by atomic mass is 19.3. The maximum absolute atomic E-state index is 13.7. The van der Waals surface area contributed by atoms with Gasteiger partial charge >= 0.3 is 0 Å². The number of alkyl halides is 2. The normalized spacial score (nSPS) is 19.1. The fourth-order valence-electron chi connectivity index (χ4n) is 2.90. The summed E-state index contributed by atoms with van der Waals surface area (Å²) in [6, 6.07) is 7.03. The molecule has 7 heteroatoms. The van der Waals surface area contributed by atoms with Crippen molar-refractivity contribution in [2.45, 2.75) is 38.8 Å². The van der Waals surface area contributed by atoms with Crippen molar-refractivity contribution in [1.82, 2.24) is 20.6 Å². The zero-order valence-corrected chi connectivity index (χ0v) is 14.4. The molecule has 0 amide bonds. The second kappa shape index (κ2) is 7.41. The third-order valence-corrected chi connectivity index (χ3v) is 4.34. The third kappa shape index (κ3) is 4.29. The SMILES string of the molecule is CCc1cnc(Nc2cccc(C)c2)nc1CNC1CNCC1(F)F. The number of nitrogens with zero attached hydrogens (tertiary/aromatic N) is 2. The van der Waals surface area contributed by atoms with Gasteiger partial charge < -0.3 is 16.0 Å². The van der Waals surface area contributed by atoms with Crippen molar-refractivity contribution in [3.63, 3.8) is 0 Å². The van der Waals surface area contributed by atoms with Gasteiger partial charge in [0.15, 0.2) is 0 Å². The largest absolute Gasteiger partial charge is 0.324 e. The molecule has 1 aliphatic heterocycles. The lowest BCUT2D eigenvalue weighted by Crippen LogP contribution is -2.43. The van der Waals surface area contributed by atoms with Crippen LogP contribution in [0.4, 0.5) is 20.4 Å². The number of halogens is 2. The molecule has 1 aromatic heterocycles. The topological polar surface area (TPSA) is 61.9 Å². The van der Waals surface area contributed by atoms with Crippen molar-refractivity contribution in [3.05, 3.63) is 47.3 Å². The average Bonchev–Trinajstić information content (AvgIpc) is 2.91. The van der Waals surface area contributed by atoms with Crippen molar-refractivity contribution in [3.8, 4) is 0 Å². The van der Waals surface area contributed by atoms with Gasteiger partial charge in [-0.15, -0.1) is 0 Å². The summed E-state index contributed by atoms with van der Waals surface area (Å²) < 4.78 is 27.5. The van der Waals surface area contributed by atoms with Crippen LogP contribution in [0.15, 0.2) is 30.5 Å². The zero-order valence-electron chi connectivity index (χ0n) is 14.4. The molecular weight excluding hydrogens is 324 g/mol. The fourth-order valence-corrected chi connectivity index (χ4v) is 2.90. The minimum absolute atomic E-state index is 0.258. The van der Waals surface area contributed by atoms with Crippen molar-refractivity contribution < 1.29 is 8.78 Å². The Morgan fingerprint density at radius 1 is 1.36 bits per heavy atom. The van der Waals surface area contributed by atoms with E-state index in [1.807, 2.05) is 38.1 Å². The van der Waals surface area contributed by atoms with Crippen LogP contribution in [0.25, 0.3) is 0 Å². The Bertz CT molecular complexity index is 735. The molecular formula is C18H23F2N5. The van der Waals surface area contributed by atoms with Crippen molar-refractivity contribution >= 4 is 11.6 Å². The number of benzene rings is 1. The Morgan fingerprint density at radius 3 is 2.88 bits per heavy atom. The summed E-state index contributed by atoms with van der Waals surface area (Å²) in [7, 11) is 0. The van der Waals surface area contributed by atoms with Gasteiger partial charge in [0, 0.05) is 25.0 Å². The summed E-state index contributed by atoms with van der Waals surface area (Å²) in [5.74, 6) is -2.27. The molecule has 0 aliphatic carbocycles. The van der Waals surface area contributed by atoms with E-state index in [0.29, 0.717) is 5.95 Å². The van der Waals surface area contributed by atoms with Crippen LogP contribution >= 0.6 is 0 Å². The van der Waals surface area contributed by atoms with Gasteiger partial charge in [-0.3, -0.25) is 0 Å². The second-order valence-corrected chi connectivity index (χ2v) is 6.34. The quantitative estimate of drug-likeness (QED) is 0.750. The van der Waals surface area contributed by atoms with E-state index in [9.17, 15) is 8.78 Å². The number of nitrogens with one attached hydrogen (secondary N) is 3. The van der Waals surface area contributed by atoms with Crippen molar-refractivity contribution in [2.24, 2.45) is 0 Å². The lowest BCUT2D eigenvalue weighted by Gasteiger charge is -2.20. The van der Waals surface area contributed by atoms with E-state index in [2.05, 4.69) is 25.9 Å². The van der Waals surface area contributed by atoms with Gasteiger partial charge in [-0.05, 0) is 36.6 Å². The molecule has 3 rings (SSSR count). The summed E-state index contributed by atoms with van der Waals surface area (Å²) in [6.45, 7) is 4.28. The van der Waals surface area contributed by atoms with E-state index in [1.165, 1.54) is 0 Å². The summed E-state index contributed by atoms with van der Waals surface area (Å²) >= 11 is 0. The molecule has 1 unspecified atom stereocenters. The first kappa shape index (κ1) is 17.7. The Kier molecular flexibility index (Phi) is 5.24. The molecule has 25 heavy (non-hydrogen) atoms. The van der Waals surface area contributed by atoms with Crippen molar-refractivity contribution in [1.29, 1.82) is 0 Å². The van der Waals surface area contributed by atoms with Crippen molar-refractivity contribution in [2.75, 3.05) is 18.4 Å². The molecule has 0 spiro atoms. The molecule has 1 saturated heterocycles. The van der Waals surface area contributed by atoms with Crippen LogP contribution in [0.1, 0.15) is 23.7 Å². The summed E-state index contributed by atoms with van der Waals surface area (Å²) in [6.07, 6.45) is 2.51. The number of aromatic nitrogens is 2. The molecule has 1 atom stereocenters.